The van der Waals surface area contributed by atoms with Gasteiger partial charge >= 0.3 is 0 Å². The van der Waals surface area contributed by atoms with Gasteiger partial charge in [-0.15, -0.1) is 0 Å². The highest BCUT2D eigenvalue weighted by Crippen LogP contribution is 2.26. The molecule has 8 nitrogen and oxygen atoms in total. The maximum atomic E-state index is 14.1. The van der Waals surface area contributed by atoms with Crippen molar-refractivity contribution in [2.24, 2.45) is 5.73 Å². The van der Waals surface area contributed by atoms with Crippen LogP contribution < -0.4 is 16.4 Å². The Morgan fingerprint density at radius 2 is 2.03 bits per heavy atom. The number of hydrogen-bond donors (Lipinski definition) is 3. The van der Waals surface area contributed by atoms with Gasteiger partial charge in [-0.3, -0.25) is 4.79 Å². The van der Waals surface area contributed by atoms with E-state index in [-0.39, 0.29) is 17.3 Å². The molecule has 0 bridgehead atoms. The molecule has 1 aliphatic rings. The number of halogens is 2. The molecule has 0 atom stereocenters. The molecule has 2 aromatic heterocycles. The van der Waals surface area contributed by atoms with Crippen molar-refractivity contribution in [1.82, 2.24) is 25.1 Å². The van der Waals surface area contributed by atoms with E-state index in [0.29, 0.717) is 36.4 Å². The molecule has 0 radical (unpaired) electrons. The first-order valence-corrected chi connectivity index (χ1v) is 9.56. The number of rotatable bonds is 5. The van der Waals surface area contributed by atoms with Crippen molar-refractivity contribution >= 4 is 22.6 Å². The van der Waals surface area contributed by atoms with Gasteiger partial charge in [0, 0.05) is 36.7 Å². The van der Waals surface area contributed by atoms with E-state index in [4.69, 9.17) is 5.73 Å². The monoisotopic (exact) mass is 421 g/mol. The zero-order valence-corrected chi connectivity index (χ0v) is 16.2. The number of benzene rings is 2. The Bertz CT molecular complexity index is 1340. The minimum Gasteiger partial charge on any atom is -0.366 e. The molecule has 4 aromatic rings. The van der Waals surface area contributed by atoms with E-state index in [0.717, 1.165) is 22.9 Å². The lowest BCUT2D eigenvalue weighted by Crippen LogP contribution is -2.13. The Morgan fingerprint density at radius 1 is 1.16 bits per heavy atom. The number of hydrogen-bond acceptors (Lipinski definition) is 6. The Morgan fingerprint density at radius 3 is 2.84 bits per heavy atom. The van der Waals surface area contributed by atoms with E-state index >= 15 is 0 Å². The smallest absolute Gasteiger partial charge is 0.253 e. The van der Waals surface area contributed by atoms with Crippen LogP contribution in [0.3, 0.4) is 0 Å². The van der Waals surface area contributed by atoms with Crippen molar-refractivity contribution in [3.8, 4) is 5.95 Å². The van der Waals surface area contributed by atoms with Gasteiger partial charge in [-0.05, 0) is 23.8 Å². The van der Waals surface area contributed by atoms with Gasteiger partial charge in [0.1, 0.15) is 17.5 Å². The minimum atomic E-state index is -0.749. The van der Waals surface area contributed by atoms with Gasteiger partial charge in [0.25, 0.3) is 5.95 Å². The SMILES string of the molecule is NC(=O)c1cc(F)cc2c1cnn2-c1nc2c(c(NCc3cccc(F)c3)n1)CNC2. The topological polar surface area (TPSA) is 111 Å². The van der Waals surface area contributed by atoms with Crippen molar-refractivity contribution in [3.05, 3.63) is 76.6 Å². The third-order valence-electron chi connectivity index (χ3n) is 5.13. The van der Waals surface area contributed by atoms with Gasteiger partial charge in [-0.2, -0.15) is 14.8 Å². The molecular formula is C21H17F2N7O. The molecule has 5 rings (SSSR count). The maximum Gasteiger partial charge on any atom is 0.253 e. The molecule has 0 saturated carbocycles. The Kier molecular flexibility index (Phi) is 4.55. The molecule has 156 valence electrons. The summed E-state index contributed by atoms with van der Waals surface area (Å²) >= 11 is 0. The highest BCUT2D eigenvalue weighted by molar-refractivity contribution is 6.05. The first-order valence-electron chi connectivity index (χ1n) is 9.56. The van der Waals surface area contributed by atoms with Gasteiger partial charge in [0.05, 0.1) is 23.0 Å². The summed E-state index contributed by atoms with van der Waals surface area (Å²) in [5.74, 6) is -0.884. The molecular weight excluding hydrogens is 404 g/mol. The van der Waals surface area contributed by atoms with Crippen molar-refractivity contribution in [2.45, 2.75) is 19.6 Å². The first kappa shape index (κ1) is 19.1. The van der Waals surface area contributed by atoms with E-state index in [1.807, 2.05) is 6.07 Å². The number of fused-ring (bicyclic) bond motifs is 2. The summed E-state index contributed by atoms with van der Waals surface area (Å²) in [5, 5.41) is 11.1. The van der Waals surface area contributed by atoms with E-state index in [9.17, 15) is 13.6 Å². The van der Waals surface area contributed by atoms with Gasteiger partial charge < -0.3 is 16.4 Å². The molecule has 4 N–H and O–H groups in total. The number of carbonyl (C=O) groups is 1. The largest absolute Gasteiger partial charge is 0.366 e. The lowest BCUT2D eigenvalue weighted by molar-refractivity contribution is 0.100. The highest BCUT2D eigenvalue weighted by Gasteiger charge is 2.22. The standard InChI is InChI=1S/C21H17F2N7O/c22-12-3-1-2-11(4-12)7-26-20-16-8-25-10-17(16)28-21(29-20)30-18-6-13(23)5-14(19(24)31)15(18)9-27-30/h1-6,9,25H,7-8,10H2,(H2,24,31)(H,26,28,29). The van der Waals surface area contributed by atoms with Crippen molar-refractivity contribution in [2.75, 3.05) is 5.32 Å². The Balaban J connectivity index is 1.58. The molecule has 2 aromatic carbocycles. The minimum absolute atomic E-state index is 0.0357. The fraction of sp³-hybridized carbons (Fsp3) is 0.143. The lowest BCUT2D eigenvalue weighted by atomic mass is 10.1. The first-order chi connectivity index (χ1) is 15.0. The molecule has 31 heavy (non-hydrogen) atoms. The average molecular weight is 421 g/mol. The number of carbonyl (C=O) groups excluding carboxylic acids is 1. The van der Waals surface area contributed by atoms with Crippen LogP contribution in [-0.2, 0) is 19.6 Å². The molecule has 0 unspecified atom stereocenters. The predicted octanol–water partition coefficient (Wildman–Crippen LogP) is 2.41. The van der Waals surface area contributed by atoms with Gasteiger partial charge in [-0.1, -0.05) is 12.1 Å². The fourth-order valence-corrected chi connectivity index (χ4v) is 3.68. The van der Waals surface area contributed by atoms with Crippen LogP contribution in [0, 0.1) is 11.6 Å². The van der Waals surface area contributed by atoms with Crippen LogP contribution in [0.1, 0.15) is 27.2 Å². The second-order valence-corrected chi connectivity index (χ2v) is 7.19. The molecule has 0 fully saturated rings. The number of nitrogens with two attached hydrogens (primary N) is 1. The summed E-state index contributed by atoms with van der Waals surface area (Å²) in [4.78, 5) is 20.9. The molecule has 10 heteroatoms. The number of nitrogens with one attached hydrogen (secondary N) is 2. The molecule has 1 aliphatic heterocycles. The number of primary amides is 1. The van der Waals surface area contributed by atoms with Gasteiger partial charge in [0.15, 0.2) is 0 Å². The summed E-state index contributed by atoms with van der Waals surface area (Å²) in [6.07, 6.45) is 1.43. The van der Waals surface area contributed by atoms with Crippen LogP contribution in [0.4, 0.5) is 14.6 Å². The van der Waals surface area contributed by atoms with E-state index in [1.54, 1.807) is 6.07 Å². The summed E-state index contributed by atoms with van der Waals surface area (Å²) in [6, 6.07) is 8.62. The van der Waals surface area contributed by atoms with E-state index in [1.165, 1.54) is 29.1 Å². The normalized spacial score (nSPS) is 12.8. The van der Waals surface area contributed by atoms with Gasteiger partial charge in [-0.25, -0.2) is 13.8 Å². The Labute approximate surface area is 175 Å². The fourth-order valence-electron chi connectivity index (χ4n) is 3.68. The predicted molar refractivity (Wildman–Crippen MR) is 109 cm³/mol. The summed E-state index contributed by atoms with van der Waals surface area (Å²) in [5.41, 5.74) is 8.19. The molecule has 0 aliphatic carbocycles. The van der Waals surface area contributed by atoms with Crippen LogP contribution in [0.25, 0.3) is 16.9 Å². The van der Waals surface area contributed by atoms with Crippen molar-refractivity contribution in [1.29, 1.82) is 0 Å². The number of amides is 1. The zero-order valence-electron chi connectivity index (χ0n) is 16.2. The van der Waals surface area contributed by atoms with Crippen LogP contribution in [0.5, 0.6) is 0 Å². The number of aromatic nitrogens is 4. The van der Waals surface area contributed by atoms with Crippen LogP contribution in [-0.4, -0.2) is 25.7 Å². The molecule has 0 spiro atoms. The number of anilines is 1. The molecule has 0 saturated heterocycles. The van der Waals surface area contributed by atoms with Crippen LogP contribution >= 0.6 is 0 Å². The molecule has 3 heterocycles. The summed E-state index contributed by atoms with van der Waals surface area (Å²) < 4.78 is 29.0. The number of nitrogens with zero attached hydrogens (tertiary/aromatic N) is 4. The molecule has 1 amide bonds. The maximum absolute atomic E-state index is 14.1. The van der Waals surface area contributed by atoms with Crippen LogP contribution in [0.15, 0.2) is 42.6 Å². The van der Waals surface area contributed by atoms with E-state index in [2.05, 4.69) is 25.7 Å². The summed E-state index contributed by atoms with van der Waals surface area (Å²) in [6.45, 7) is 1.49. The third-order valence-corrected chi connectivity index (χ3v) is 5.13. The zero-order chi connectivity index (χ0) is 21.5. The van der Waals surface area contributed by atoms with Crippen LogP contribution in [0.2, 0.25) is 0 Å². The van der Waals surface area contributed by atoms with Crippen molar-refractivity contribution < 1.29 is 13.6 Å². The second-order valence-electron chi connectivity index (χ2n) is 7.19. The summed E-state index contributed by atoms with van der Waals surface area (Å²) in [7, 11) is 0. The quantitative estimate of drug-likeness (QED) is 0.456. The second kappa shape index (κ2) is 7.40. The van der Waals surface area contributed by atoms with E-state index < -0.39 is 11.7 Å². The van der Waals surface area contributed by atoms with Crippen molar-refractivity contribution in [3.63, 3.8) is 0 Å². The average Bonchev–Trinajstić information content (AvgIpc) is 3.38. The van der Waals surface area contributed by atoms with Gasteiger partial charge in [0.2, 0.25) is 5.91 Å². The Hall–Kier alpha value is -3.92. The third kappa shape index (κ3) is 3.46. The highest BCUT2D eigenvalue weighted by atomic mass is 19.1. The lowest BCUT2D eigenvalue weighted by Gasteiger charge is -2.12.